The summed E-state index contributed by atoms with van der Waals surface area (Å²) in [5.74, 6) is 2.88. The highest BCUT2D eigenvalue weighted by molar-refractivity contribution is 5.01. The molecule has 0 unspecified atom stereocenters. The third kappa shape index (κ3) is 3.76. The molecule has 0 amide bonds. The van der Waals surface area contributed by atoms with E-state index in [2.05, 4.69) is 47.4 Å². The molecule has 108 valence electrons. The standard InChI is InChI=1S/C14H26N4O/c1-11(2)13-15-14(12(3)4)18(16-13)6-5-17-7-9-19-10-8-17/h11-12H,5-10H2,1-4H3. The van der Waals surface area contributed by atoms with Crippen molar-refractivity contribution in [3.05, 3.63) is 11.6 Å². The zero-order chi connectivity index (χ0) is 13.8. The Balaban J connectivity index is 2.01. The quantitative estimate of drug-likeness (QED) is 0.816. The monoisotopic (exact) mass is 266 g/mol. The van der Waals surface area contributed by atoms with Crippen molar-refractivity contribution in [1.82, 2.24) is 19.7 Å². The van der Waals surface area contributed by atoms with E-state index in [1.165, 1.54) is 0 Å². The van der Waals surface area contributed by atoms with Gasteiger partial charge in [-0.2, -0.15) is 5.10 Å². The Morgan fingerprint density at radius 2 is 1.74 bits per heavy atom. The van der Waals surface area contributed by atoms with E-state index in [-0.39, 0.29) is 0 Å². The number of hydrogen-bond acceptors (Lipinski definition) is 4. The van der Waals surface area contributed by atoms with E-state index in [1.807, 2.05) is 0 Å². The average molecular weight is 266 g/mol. The molecule has 1 aromatic heterocycles. The van der Waals surface area contributed by atoms with Crippen molar-refractivity contribution in [2.75, 3.05) is 32.8 Å². The fourth-order valence-electron chi connectivity index (χ4n) is 2.27. The Kier molecular flexibility index (Phi) is 4.93. The van der Waals surface area contributed by atoms with Crippen molar-refractivity contribution in [3.8, 4) is 0 Å². The van der Waals surface area contributed by atoms with Crippen LogP contribution < -0.4 is 0 Å². The molecular formula is C14H26N4O. The molecule has 0 spiro atoms. The van der Waals surface area contributed by atoms with Crippen molar-refractivity contribution in [1.29, 1.82) is 0 Å². The van der Waals surface area contributed by atoms with Crippen LogP contribution in [0.3, 0.4) is 0 Å². The highest BCUT2D eigenvalue weighted by Crippen LogP contribution is 2.16. The van der Waals surface area contributed by atoms with E-state index in [1.54, 1.807) is 0 Å². The molecule has 0 aliphatic carbocycles. The lowest BCUT2D eigenvalue weighted by Crippen LogP contribution is -2.38. The number of morpholine rings is 1. The lowest BCUT2D eigenvalue weighted by Gasteiger charge is -2.26. The van der Waals surface area contributed by atoms with E-state index in [0.717, 1.165) is 51.0 Å². The first kappa shape index (κ1) is 14.5. The van der Waals surface area contributed by atoms with E-state index in [4.69, 9.17) is 4.74 Å². The number of ether oxygens (including phenoxy) is 1. The minimum absolute atomic E-state index is 0.391. The minimum Gasteiger partial charge on any atom is -0.379 e. The zero-order valence-corrected chi connectivity index (χ0v) is 12.6. The highest BCUT2D eigenvalue weighted by atomic mass is 16.5. The third-order valence-corrected chi connectivity index (χ3v) is 3.48. The molecule has 5 nitrogen and oxygen atoms in total. The van der Waals surface area contributed by atoms with Gasteiger partial charge < -0.3 is 4.74 Å². The summed E-state index contributed by atoms with van der Waals surface area (Å²) in [7, 11) is 0. The van der Waals surface area contributed by atoms with Crippen LogP contribution in [0, 0.1) is 0 Å². The van der Waals surface area contributed by atoms with Gasteiger partial charge >= 0.3 is 0 Å². The molecule has 19 heavy (non-hydrogen) atoms. The summed E-state index contributed by atoms with van der Waals surface area (Å²) in [6, 6.07) is 0. The number of aromatic nitrogens is 3. The maximum Gasteiger partial charge on any atom is 0.153 e. The van der Waals surface area contributed by atoms with E-state index in [9.17, 15) is 0 Å². The largest absolute Gasteiger partial charge is 0.379 e. The topological polar surface area (TPSA) is 43.2 Å². The van der Waals surface area contributed by atoms with Crippen LogP contribution in [-0.2, 0) is 11.3 Å². The van der Waals surface area contributed by atoms with Crippen LogP contribution >= 0.6 is 0 Å². The van der Waals surface area contributed by atoms with Crippen molar-refractivity contribution < 1.29 is 4.74 Å². The van der Waals surface area contributed by atoms with Gasteiger partial charge in [0.1, 0.15) is 5.82 Å². The second kappa shape index (κ2) is 6.48. The molecule has 0 atom stereocenters. The maximum absolute atomic E-state index is 5.37. The van der Waals surface area contributed by atoms with E-state index < -0.39 is 0 Å². The molecule has 0 radical (unpaired) electrons. The summed E-state index contributed by atoms with van der Waals surface area (Å²) in [5.41, 5.74) is 0. The number of hydrogen-bond donors (Lipinski definition) is 0. The van der Waals surface area contributed by atoms with Gasteiger partial charge in [-0.15, -0.1) is 0 Å². The van der Waals surface area contributed by atoms with Crippen LogP contribution in [0.5, 0.6) is 0 Å². The molecule has 1 aliphatic rings. The van der Waals surface area contributed by atoms with Crippen molar-refractivity contribution in [3.63, 3.8) is 0 Å². The molecule has 1 saturated heterocycles. The summed E-state index contributed by atoms with van der Waals surface area (Å²) in [5, 5.41) is 4.66. The Bertz CT molecular complexity index is 394. The SMILES string of the molecule is CC(C)c1nc(C(C)C)n(CCN2CCOCC2)n1. The van der Waals surface area contributed by atoms with Gasteiger partial charge in [0.2, 0.25) is 0 Å². The summed E-state index contributed by atoms with van der Waals surface area (Å²) in [6.07, 6.45) is 0. The van der Waals surface area contributed by atoms with E-state index in [0.29, 0.717) is 11.8 Å². The first-order chi connectivity index (χ1) is 9.08. The normalized spacial score (nSPS) is 17.6. The van der Waals surface area contributed by atoms with Crippen LogP contribution in [0.1, 0.15) is 51.2 Å². The molecule has 2 rings (SSSR count). The van der Waals surface area contributed by atoms with Crippen molar-refractivity contribution in [2.24, 2.45) is 0 Å². The lowest BCUT2D eigenvalue weighted by atomic mass is 10.2. The molecule has 0 N–H and O–H groups in total. The van der Waals surface area contributed by atoms with Gasteiger partial charge in [0.15, 0.2) is 5.82 Å². The van der Waals surface area contributed by atoms with Crippen molar-refractivity contribution >= 4 is 0 Å². The van der Waals surface area contributed by atoms with Crippen molar-refractivity contribution in [2.45, 2.75) is 46.1 Å². The number of nitrogens with zero attached hydrogens (tertiary/aromatic N) is 4. The third-order valence-electron chi connectivity index (χ3n) is 3.48. The van der Waals surface area contributed by atoms with Gasteiger partial charge in [-0.05, 0) is 0 Å². The van der Waals surface area contributed by atoms with Crippen LogP contribution in [0.2, 0.25) is 0 Å². The van der Waals surface area contributed by atoms with Gasteiger partial charge in [-0.1, -0.05) is 27.7 Å². The first-order valence-electron chi connectivity index (χ1n) is 7.32. The van der Waals surface area contributed by atoms with Gasteiger partial charge in [-0.25, -0.2) is 9.67 Å². The summed E-state index contributed by atoms with van der Waals surface area (Å²) in [6.45, 7) is 14.4. The first-order valence-corrected chi connectivity index (χ1v) is 7.32. The fourth-order valence-corrected chi connectivity index (χ4v) is 2.27. The van der Waals surface area contributed by atoms with Gasteiger partial charge in [0, 0.05) is 31.5 Å². The zero-order valence-electron chi connectivity index (χ0n) is 12.6. The Morgan fingerprint density at radius 1 is 1.05 bits per heavy atom. The fraction of sp³-hybridized carbons (Fsp3) is 0.857. The predicted octanol–water partition coefficient (Wildman–Crippen LogP) is 1.86. The van der Waals surface area contributed by atoms with Crippen LogP contribution in [-0.4, -0.2) is 52.5 Å². The number of rotatable bonds is 5. The molecule has 5 heteroatoms. The highest BCUT2D eigenvalue weighted by Gasteiger charge is 2.16. The maximum atomic E-state index is 5.37. The van der Waals surface area contributed by atoms with Crippen LogP contribution in [0.15, 0.2) is 0 Å². The second-order valence-corrected chi connectivity index (χ2v) is 5.81. The lowest BCUT2D eigenvalue weighted by molar-refractivity contribution is 0.0358. The van der Waals surface area contributed by atoms with Gasteiger partial charge in [0.25, 0.3) is 0 Å². The Hall–Kier alpha value is -0.940. The van der Waals surface area contributed by atoms with Crippen LogP contribution in [0.25, 0.3) is 0 Å². The van der Waals surface area contributed by atoms with Gasteiger partial charge in [0.05, 0.1) is 19.8 Å². The smallest absolute Gasteiger partial charge is 0.153 e. The Labute approximate surface area is 116 Å². The van der Waals surface area contributed by atoms with E-state index >= 15 is 0 Å². The Morgan fingerprint density at radius 3 is 2.32 bits per heavy atom. The summed E-state index contributed by atoms with van der Waals surface area (Å²) in [4.78, 5) is 7.12. The molecule has 0 bridgehead atoms. The van der Waals surface area contributed by atoms with Crippen LogP contribution in [0.4, 0.5) is 0 Å². The van der Waals surface area contributed by atoms with Gasteiger partial charge in [-0.3, -0.25) is 4.90 Å². The second-order valence-electron chi connectivity index (χ2n) is 5.81. The summed E-state index contributed by atoms with van der Waals surface area (Å²) < 4.78 is 7.47. The molecule has 1 aliphatic heterocycles. The molecule has 0 aromatic carbocycles. The molecular weight excluding hydrogens is 240 g/mol. The average Bonchev–Trinajstić information content (AvgIpc) is 2.82. The predicted molar refractivity (Wildman–Crippen MR) is 75.5 cm³/mol. The minimum atomic E-state index is 0.391. The molecule has 2 heterocycles. The molecule has 0 saturated carbocycles. The molecule has 1 fully saturated rings. The molecule has 1 aromatic rings. The summed E-state index contributed by atoms with van der Waals surface area (Å²) >= 11 is 0.